The van der Waals surface area contributed by atoms with Gasteiger partial charge in [0.2, 0.25) is 10.0 Å². The maximum absolute atomic E-state index is 12.6. The molecular weight excluding hydrogens is 324 g/mol. The van der Waals surface area contributed by atoms with Crippen LogP contribution in [0.5, 0.6) is 5.75 Å². The van der Waals surface area contributed by atoms with Crippen molar-refractivity contribution in [3.05, 3.63) is 53.6 Å². The minimum Gasteiger partial charge on any atom is -0.496 e. The molecule has 2 aromatic rings. The molecule has 0 aromatic heterocycles. The Morgan fingerprint density at radius 2 is 1.71 bits per heavy atom. The fourth-order valence-electron chi connectivity index (χ4n) is 2.52. The molecule has 6 heteroatoms. The Kier molecular flexibility index (Phi) is 5.85. The molecule has 0 saturated carbocycles. The minimum absolute atomic E-state index is 0.295. The van der Waals surface area contributed by atoms with Crippen LogP contribution in [0.15, 0.2) is 47.4 Å². The van der Waals surface area contributed by atoms with Crippen LogP contribution in [0.3, 0.4) is 0 Å². The predicted octanol–water partition coefficient (Wildman–Crippen LogP) is 2.73. The van der Waals surface area contributed by atoms with Gasteiger partial charge in [0.15, 0.2) is 0 Å². The van der Waals surface area contributed by atoms with Crippen molar-refractivity contribution < 1.29 is 13.2 Å². The normalized spacial score (nSPS) is 11.3. The highest BCUT2D eigenvalue weighted by molar-refractivity contribution is 7.89. The minimum atomic E-state index is -3.55. The SMILES string of the molecule is COc1ccc(S(=O)(=O)NCCN(C)c2ccccc2)c(C)c1C. The number of nitrogens with zero attached hydrogens (tertiary/aromatic N) is 1. The topological polar surface area (TPSA) is 58.6 Å². The third kappa shape index (κ3) is 4.07. The molecule has 0 saturated heterocycles. The summed E-state index contributed by atoms with van der Waals surface area (Å²) < 4.78 is 33.0. The Bertz CT molecular complexity index is 789. The third-order valence-electron chi connectivity index (χ3n) is 4.13. The van der Waals surface area contributed by atoms with Gasteiger partial charge >= 0.3 is 0 Å². The van der Waals surface area contributed by atoms with E-state index >= 15 is 0 Å². The van der Waals surface area contributed by atoms with Gasteiger partial charge in [0, 0.05) is 25.8 Å². The Hall–Kier alpha value is -2.05. The summed E-state index contributed by atoms with van der Waals surface area (Å²) in [6, 6.07) is 13.1. The van der Waals surface area contributed by atoms with Crippen LogP contribution in [-0.4, -0.2) is 35.7 Å². The van der Waals surface area contributed by atoms with Crippen LogP contribution in [0.2, 0.25) is 0 Å². The number of para-hydroxylation sites is 1. The summed E-state index contributed by atoms with van der Waals surface area (Å²) in [6.07, 6.45) is 0. The first kappa shape index (κ1) is 18.3. The zero-order valence-electron chi connectivity index (χ0n) is 14.5. The zero-order valence-corrected chi connectivity index (χ0v) is 15.4. The van der Waals surface area contributed by atoms with Gasteiger partial charge in [0.05, 0.1) is 12.0 Å². The van der Waals surface area contributed by atoms with Crippen LogP contribution in [0.1, 0.15) is 11.1 Å². The molecule has 0 aliphatic rings. The molecule has 0 radical (unpaired) electrons. The monoisotopic (exact) mass is 348 g/mol. The molecule has 0 bridgehead atoms. The summed E-state index contributed by atoms with van der Waals surface area (Å²) in [5, 5.41) is 0. The number of ether oxygens (including phenoxy) is 1. The molecule has 0 atom stereocenters. The molecule has 0 aliphatic carbocycles. The summed E-state index contributed by atoms with van der Waals surface area (Å²) in [5.74, 6) is 0.690. The Labute approximate surface area is 144 Å². The lowest BCUT2D eigenvalue weighted by molar-refractivity contribution is 0.410. The number of sulfonamides is 1. The van der Waals surface area contributed by atoms with Crippen molar-refractivity contribution in [3.8, 4) is 5.75 Å². The Balaban J connectivity index is 2.06. The number of rotatable bonds is 7. The van der Waals surface area contributed by atoms with E-state index in [-0.39, 0.29) is 0 Å². The van der Waals surface area contributed by atoms with Gasteiger partial charge in [-0.25, -0.2) is 13.1 Å². The van der Waals surface area contributed by atoms with E-state index in [2.05, 4.69) is 4.72 Å². The van der Waals surface area contributed by atoms with E-state index in [4.69, 9.17) is 4.74 Å². The van der Waals surface area contributed by atoms with Crippen LogP contribution in [0.25, 0.3) is 0 Å². The highest BCUT2D eigenvalue weighted by Gasteiger charge is 2.19. The lowest BCUT2D eigenvalue weighted by Crippen LogP contribution is -2.33. The van der Waals surface area contributed by atoms with Gasteiger partial charge in [-0.15, -0.1) is 0 Å². The second-order valence-electron chi connectivity index (χ2n) is 5.67. The van der Waals surface area contributed by atoms with Gasteiger partial charge in [0.25, 0.3) is 0 Å². The molecule has 0 amide bonds. The van der Waals surface area contributed by atoms with E-state index in [0.717, 1.165) is 11.3 Å². The molecule has 1 N–H and O–H groups in total. The molecule has 0 fully saturated rings. The summed E-state index contributed by atoms with van der Waals surface area (Å²) in [7, 11) is -0.0346. The Morgan fingerprint density at radius 1 is 1.04 bits per heavy atom. The first-order valence-electron chi connectivity index (χ1n) is 7.77. The molecule has 130 valence electrons. The number of anilines is 1. The molecule has 24 heavy (non-hydrogen) atoms. The van der Waals surface area contributed by atoms with E-state index < -0.39 is 10.0 Å². The number of hydrogen-bond acceptors (Lipinski definition) is 4. The van der Waals surface area contributed by atoms with Gasteiger partial charge in [-0.2, -0.15) is 0 Å². The molecule has 5 nitrogen and oxygen atoms in total. The first-order chi connectivity index (χ1) is 11.4. The van der Waals surface area contributed by atoms with Crippen molar-refractivity contribution in [1.82, 2.24) is 4.72 Å². The average molecular weight is 348 g/mol. The van der Waals surface area contributed by atoms with E-state index in [1.165, 1.54) is 0 Å². The summed E-state index contributed by atoms with van der Waals surface area (Å²) >= 11 is 0. The first-order valence-corrected chi connectivity index (χ1v) is 9.25. The number of nitrogens with one attached hydrogen (secondary N) is 1. The number of hydrogen-bond donors (Lipinski definition) is 1. The summed E-state index contributed by atoms with van der Waals surface area (Å²) in [5.41, 5.74) is 2.59. The van der Waals surface area contributed by atoms with Crippen LogP contribution in [0, 0.1) is 13.8 Å². The molecular formula is C18H24N2O3S. The predicted molar refractivity (Wildman–Crippen MR) is 97.4 cm³/mol. The van der Waals surface area contributed by atoms with Gasteiger partial charge in [-0.3, -0.25) is 0 Å². The molecule has 0 heterocycles. The fraction of sp³-hybridized carbons (Fsp3) is 0.333. The number of methoxy groups -OCH3 is 1. The molecule has 0 unspecified atom stereocenters. The third-order valence-corrected chi connectivity index (χ3v) is 5.74. The lowest BCUT2D eigenvalue weighted by atomic mass is 10.1. The highest BCUT2D eigenvalue weighted by Crippen LogP contribution is 2.26. The van der Waals surface area contributed by atoms with E-state index in [1.807, 2.05) is 49.2 Å². The smallest absolute Gasteiger partial charge is 0.240 e. The zero-order chi connectivity index (χ0) is 17.7. The molecule has 0 aliphatic heterocycles. The Morgan fingerprint density at radius 3 is 2.33 bits per heavy atom. The summed E-state index contributed by atoms with van der Waals surface area (Å²) in [4.78, 5) is 2.30. The van der Waals surface area contributed by atoms with Crippen molar-refractivity contribution in [3.63, 3.8) is 0 Å². The van der Waals surface area contributed by atoms with Crippen molar-refractivity contribution >= 4 is 15.7 Å². The standard InChI is InChI=1S/C18H24N2O3S/c1-14-15(2)18(11-10-17(14)23-4)24(21,22)19-12-13-20(3)16-8-6-5-7-9-16/h5-11,19H,12-13H2,1-4H3. The average Bonchev–Trinajstić information content (AvgIpc) is 2.57. The van der Waals surface area contributed by atoms with E-state index in [1.54, 1.807) is 26.2 Å². The van der Waals surface area contributed by atoms with Crippen molar-refractivity contribution in [2.75, 3.05) is 32.1 Å². The van der Waals surface area contributed by atoms with Crippen LogP contribution < -0.4 is 14.4 Å². The van der Waals surface area contributed by atoms with Gasteiger partial charge in [-0.1, -0.05) is 18.2 Å². The van der Waals surface area contributed by atoms with Crippen LogP contribution in [-0.2, 0) is 10.0 Å². The fourth-order valence-corrected chi connectivity index (χ4v) is 3.84. The van der Waals surface area contributed by atoms with Crippen molar-refractivity contribution in [2.24, 2.45) is 0 Å². The lowest BCUT2D eigenvalue weighted by Gasteiger charge is -2.20. The van der Waals surface area contributed by atoms with Gasteiger partial charge in [0.1, 0.15) is 5.75 Å². The van der Waals surface area contributed by atoms with Gasteiger partial charge < -0.3 is 9.64 Å². The molecule has 2 rings (SSSR count). The second-order valence-corrected chi connectivity index (χ2v) is 7.41. The van der Waals surface area contributed by atoms with Crippen molar-refractivity contribution in [2.45, 2.75) is 18.7 Å². The quantitative estimate of drug-likeness (QED) is 0.836. The maximum Gasteiger partial charge on any atom is 0.240 e. The van der Waals surface area contributed by atoms with Crippen molar-refractivity contribution in [1.29, 1.82) is 0 Å². The number of likely N-dealkylation sites (N-methyl/N-ethyl adjacent to an activating group) is 1. The van der Waals surface area contributed by atoms with Crippen LogP contribution >= 0.6 is 0 Å². The largest absolute Gasteiger partial charge is 0.496 e. The molecule has 0 spiro atoms. The van der Waals surface area contributed by atoms with Crippen LogP contribution in [0.4, 0.5) is 5.69 Å². The van der Waals surface area contributed by atoms with E-state index in [0.29, 0.717) is 29.3 Å². The summed E-state index contributed by atoms with van der Waals surface area (Å²) in [6.45, 7) is 4.56. The van der Waals surface area contributed by atoms with Gasteiger partial charge in [-0.05, 0) is 49.2 Å². The number of benzene rings is 2. The van der Waals surface area contributed by atoms with E-state index in [9.17, 15) is 8.42 Å². The maximum atomic E-state index is 12.6. The molecule has 2 aromatic carbocycles. The highest BCUT2D eigenvalue weighted by atomic mass is 32.2. The second kappa shape index (κ2) is 7.68.